The number of aromatic nitrogens is 3. The van der Waals surface area contributed by atoms with Gasteiger partial charge in [-0.25, -0.2) is 4.98 Å². The molecule has 7 nitrogen and oxygen atoms in total. The lowest BCUT2D eigenvalue weighted by Gasteiger charge is -2.15. The average Bonchev–Trinajstić information content (AvgIpc) is 3.03. The third-order valence-corrected chi connectivity index (χ3v) is 4.54. The zero-order chi connectivity index (χ0) is 17.1. The van der Waals surface area contributed by atoms with Gasteiger partial charge in [0.05, 0.1) is 13.2 Å². The van der Waals surface area contributed by atoms with Gasteiger partial charge < -0.3 is 15.8 Å². The van der Waals surface area contributed by atoms with E-state index in [1.165, 1.54) is 21.9 Å². The molecule has 0 aliphatic rings. The van der Waals surface area contributed by atoms with E-state index in [2.05, 4.69) is 15.4 Å². The number of anilines is 1. The molecule has 0 aliphatic carbocycles. The molecule has 0 aliphatic heterocycles. The van der Waals surface area contributed by atoms with E-state index in [0.717, 1.165) is 17.0 Å². The number of nitrogens with two attached hydrogens (primary N) is 1. The van der Waals surface area contributed by atoms with Crippen molar-refractivity contribution >= 4 is 21.4 Å². The summed E-state index contributed by atoms with van der Waals surface area (Å²) >= 11 is 1.33. The van der Waals surface area contributed by atoms with Crippen LogP contribution < -0.4 is 21.3 Å². The Bertz CT molecular complexity index is 905. The van der Waals surface area contributed by atoms with Crippen LogP contribution in [0.5, 0.6) is 5.75 Å². The first kappa shape index (κ1) is 16.4. The van der Waals surface area contributed by atoms with Crippen LogP contribution in [0.2, 0.25) is 0 Å². The summed E-state index contributed by atoms with van der Waals surface area (Å²) in [7, 11) is 1.62. The molecule has 2 heterocycles. The SMILES string of the molecule is CCc1cc(=O)n2nc(NCC(N)c3ccccc3OC)sc2n1. The van der Waals surface area contributed by atoms with Gasteiger partial charge >= 0.3 is 0 Å². The van der Waals surface area contributed by atoms with Gasteiger partial charge in [0.15, 0.2) is 0 Å². The number of nitrogens with zero attached hydrogens (tertiary/aromatic N) is 3. The van der Waals surface area contributed by atoms with E-state index in [4.69, 9.17) is 10.5 Å². The highest BCUT2D eigenvalue weighted by Crippen LogP contribution is 2.24. The fourth-order valence-corrected chi connectivity index (χ4v) is 3.22. The van der Waals surface area contributed by atoms with Crippen molar-refractivity contribution in [2.24, 2.45) is 5.73 Å². The zero-order valence-corrected chi connectivity index (χ0v) is 14.3. The maximum absolute atomic E-state index is 12.0. The third kappa shape index (κ3) is 3.24. The summed E-state index contributed by atoms with van der Waals surface area (Å²) in [4.78, 5) is 17.0. The quantitative estimate of drug-likeness (QED) is 0.708. The molecule has 0 saturated heterocycles. The normalized spacial score (nSPS) is 12.3. The predicted octanol–water partition coefficient (Wildman–Crippen LogP) is 1.83. The highest BCUT2D eigenvalue weighted by atomic mass is 32.1. The summed E-state index contributed by atoms with van der Waals surface area (Å²) < 4.78 is 6.64. The second-order valence-electron chi connectivity index (χ2n) is 5.27. The lowest BCUT2D eigenvalue weighted by Crippen LogP contribution is -2.21. The Kier molecular flexibility index (Phi) is 4.77. The lowest BCUT2D eigenvalue weighted by atomic mass is 10.1. The summed E-state index contributed by atoms with van der Waals surface area (Å²) in [6, 6.07) is 8.89. The molecule has 2 aromatic heterocycles. The van der Waals surface area contributed by atoms with Crippen molar-refractivity contribution in [3.63, 3.8) is 0 Å². The summed E-state index contributed by atoms with van der Waals surface area (Å²) in [5.41, 5.74) is 7.75. The Morgan fingerprint density at radius 3 is 2.96 bits per heavy atom. The lowest BCUT2D eigenvalue weighted by molar-refractivity contribution is 0.406. The van der Waals surface area contributed by atoms with Crippen molar-refractivity contribution in [2.75, 3.05) is 19.0 Å². The first-order chi connectivity index (χ1) is 11.6. The molecule has 0 fully saturated rings. The van der Waals surface area contributed by atoms with Gasteiger partial charge in [0.1, 0.15) is 5.75 Å². The van der Waals surface area contributed by atoms with Crippen LogP contribution in [0, 0.1) is 0 Å². The standard InChI is InChI=1S/C16H19N5O2S/c1-3-10-8-14(22)21-16(19-10)24-15(20-21)18-9-12(17)11-6-4-5-7-13(11)23-2/h4-8,12H,3,9,17H2,1-2H3,(H,18,20). The molecule has 126 valence electrons. The molecule has 3 rings (SSSR count). The molecule has 0 spiro atoms. The van der Waals surface area contributed by atoms with Crippen LogP contribution in [0.25, 0.3) is 4.96 Å². The number of benzene rings is 1. The maximum Gasteiger partial charge on any atom is 0.275 e. The number of hydrogen-bond acceptors (Lipinski definition) is 7. The summed E-state index contributed by atoms with van der Waals surface area (Å²) in [6.45, 7) is 2.43. The predicted molar refractivity (Wildman–Crippen MR) is 94.9 cm³/mol. The first-order valence-electron chi connectivity index (χ1n) is 7.64. The molecular weight excluding hydrogens is 326 g/mol. The van der Waals surface area contributed by atoms with E-state index in [1.807, 2.05) is 31.2 Å². The fraction of sp³-hybridized carbons (Fsp3) is 0.312. The van der Waals surface area contributed by atoms with Crippen LogP contribution in [0.3, 0.4) is 0 Å². The molecule has 3 aromatic rings. The fourth-order valence-electron chi connectivity index (χ4n) is 2.39. The van der Waals surface area contributed by atoms with Gasteiger partial charge in [-0.1, -0.05) is 36.5 Å². The Hall–Kier alpha value is -2.45. The number of para-hydroxylation sites is 1. The number of rotatable bonds is 6. The Morgan fingerprint density at radius 2 is 2.21 bits per heavy atom. The van der Waals surface area contributed by atoms with Crippen LogP contribution in [-0.2, 0) is 6.42 Å². The molecule has 0 amide bonds. The van der Waals surface area contributed by atoms with Crippen LogP contribution >= 0.6 is 11.3 Å². The van der Waals surface area contributed by atoms with E-state index in [9.17, 15) is 4.79 Å². The van der Waals surface area contributed by atoms with Gasteiger partial charge in [-0.2, -0.15) is 4.52 Å². The van der Waals surface area contributed by atoms with E-state index < -0.39 is 0 Å². The Labute approximate surface area is 143 Å². The number of aryl methyl sites for hydroxylation is 1. The van der Waals surface area contributed by atoms with Crippen LogP contribution in [0.1, 0.15) is 24.2 Å². The summed E-state index contributed by atoms with van der Waals surface area (Å²) in [6.07, 6.45) is 0.713. The van der Waals surface area contributed by atoms with Crippen molar-refractivity contribution in [1.82, 2.24) is 14.6 Å². The zero-order valence-electron chi connectivity index (χ0n) is 13.5. The highest BCUT2D eigenvalue weighted by Gasteiger charge is 2.13. The van der Waals surface area contributed by atoms with E-state index in [0.29, 0.717) is 23.1 Å². The van der Waals surface area contributed by atoms with Crippen molar-refractivity contribution in [3.8, 4) is 5.75 Å². The number of ether oxygens (including phenoxy) is 1. The van der Waals surface area contributed by atoms with E-state index in [-0.39, 0.29) is 11.6 Å². The smallest absolute Gasteiger partial charge is 0.275 e. The van der Waals surface area contributed by atoms with Crippen LogP contribution in [0.15, 0.2) is 35.1 Å². The van der Waals surface area contributed by atoms with Crippen molar-refractivity contribution in [3.05, 3.63) is 51.9 Å². The molecule has 3 N–H and O–H groups in total. The first-order valence-corrected chi connectivity index (χ1v) is 8.46. The summed E-state index contributed by atoms with van der Waals surface area (Å²) in [5.74, 6) is 0.751. The van der Waals surface area contributed by atoms with Gasteiger partial charge in [-0.05, 0) is 12.5 Å². The minimum Gasteiger partial charge on any atom is -0.496 e. The molecule has 1 unspecified atom stereocenters. The Balaban J connectivity index is 1.78. The molecule has 0 radical (unpaired) electrons. The molecule has 24 heavy (non-hydrogen) atoms. The third-order valence-electron chi connectivity index (χ3n) is 3.67. The van der Waals surface area contributed by atoms with Gasteiger partial charge in [0.2, 0.25) is 10.1 Å². The van der Waals surface area contributed by atoms with Crippen LogP contribution in [0.4, 0.5) is 5.13 Å². The van der Waals surface area contributed by atoms with Crippen molar-refractivity contribution < 1.29 is 4.74 Å². The van der Waals surface area contributed by atoms with E-state index in [1.54, 1.807) is 7.11 Å². The number of methoxy groups -OCH3 is 1. The number of hydrogen-bond donors (Lipinski definition) is 2. The monoisotopic (exact) mass is 345 g/mol. The molecule has 0 saturated carbocycles. The molecule has 0 bridgehead atoms. The minimum atomic E-state index is -0.260. The number of fused-ring (bicyclic) bond motifs is 1. The average molecular weight is 345 g/mol. The van der Waals surface area contributed by atoms with Crippen molar-refractivity contribution in [1.29, 1.82) is 0 Å². The van der Waals surface area contributed by atoms with Gasteiger partial charge in [-0.15, -0.1) is 5.10 Å². The largest absolute Gasteiger partial charge is 0.496 e. The van der Waals surface area contributed by atoms with E-state index >= 15 is 0 Å². The van der Waals surface area contributed by atoms with Gasteiger partial charge in [-0.3, -0.25) is 4.79 Å². The number of nitrogens with one attached hydrogen (secondary N) is 1. The second-order valence-corrected chi connectivity index (χ2v) is 6.23. The summed E-state index contributed by atoms with van der Waals surface area (Å²) in [5, 5.41) is 8.04. The van der Waals surface area contributed by atoms with Crippen LogP contribution in [-0.4, -0.2) is 28.3 Å². The maximum atomic E-state index is 12.0. The molecule has 8 heteroatoms. The van der Waals surface area contributed by atoms with Crippen molar-refractivity contribution in [2.45, 2.75) is 19.4 Å². The topological polar surface area (TPSA) is 94.5 Å². The molecular formula is C16H19N5O2S. The van der Waals surface area contributed by atoms with Gasteiger partial charge in [0, 0.05) is 23.9 Å². The molecule has 1 aromatic carbocycles. The molecule has 1 atom stereocenters. The van der Waals surface area contributed by atoms with Gasteiger partial charge in [0.25, 0.3) is 5.56 Å². The minimum absolute atomic E-state index is 0.171. The second kappa shape index (κ2) is 6.98. The Morgan fingerprint density at radius 1 is 1.42 bits per heavy atom. The highest BCUT2D eigenvalue weighted by molar-refractivity contribution is 7.20.